The van der Waals surface area contributed by atoms with E-state index in [9.17, 15) is 22.0 Å². The Morgan fingerprint density at radius 2 is 1.67 bits per heavy atom. The van der Waals surface area contributed by atoms with E-state index in [0.717, 1.165) is 0 Å². The summed E-state index contributed by atoms with van der Waals surface area (Å²) in [4.78, 5) is 0. The quantitative estimate of drug-likeness (QED) is 0.582. The molecule has 74 valence electrons. The lowest BCUT2D eigenvalue weighted by Gasteiger charge is -2.19. The van der Waals surface area contributed by atoms with E-state index in [4.69, 9.17) is 0 Å². The fraction of sp³-hybridized carbons (Fsp3) is 1.00. The van der Waals surface area contributed by atoms with Gasteiger partial charge in [-0.2, -0.15) is 0 Å². The summed E-state index contributed by atoms with van der Waals surface area (Å²) in [7, 11) is 0. The topological polar surface area (TPSA) is 0 Å². The van der Waals surface area contributed by atoms with Gasteiger partial charge < -0.3 is 0 Å². The minimum atomic E-state index is -3.88. The maximum atomic E-state index is 12.4. The van der Waals surface area contributed by atoms with Gasteiger partial charge in [0.1, 0.15) is 0 Å². The molecule has 0 aliphatic carbocycles. The smallest absolute Gasteiger partial charge is 0.234 e. The second-order valence-electron chi connectivity index (χ2n) is 2.60. The number of hydrogen-bond acceptors (Lipinski definition) is 0. The largest absolute Gasteiger partial charge is 0.284 e. The molecule has 12 heavy (non-hydrogen) atoms. The molecule has 0 aromatic carbocycles. The first-order valence-electron chi connectivity index (χ1n) is 3.72. The zero-order valence-corrected chi connectivity index (χ0v) is 6.67. The highest BCUT2D eigenvalue weighted by atomic mass is 19.3. The zero-order valence-electron chi connectivity index (χ0n) is 6.67. The lowest BCUT2D eigenvalue weighted by Crippen LogP contribution is -2.35. The van der Waals surface area contributed by atoms with Gasteiger partial charge in [0.05, 0.1) is 0 Å². The van der Waals surface area contributed by atoms with Crippen molar-refractivity contribution < 1.29 is 22.0 Å². The highest BCUT2D eigenvalue weighted by molar-refractivity contribution is 4.78. The van der Waals surface area contributed by atoms with Crippen LogP contribution in [0.15, 0.2) is 0 Å². The minimum Gasteiger partial charge on any atom is -0.234 e. The fourth-order valence-corrected chi connectivity index (χ4v) is 0.735. The van der Waals surface area contributed by atoms with Gasteiger partial charge >= 0.3 is 0 Å². The van der Waals surface area contributed by atoms with Crippen molar-refractivity contribution in [3.05, 3.63) is 0 Å². The SMILES string of the molecule is CCCCC(F)(F)C(F)C(F)F. The number of hydrogen-bond donors (Lipinski definition) is 0. The number of rotatable bonds is 5. The van der Waals surface area contributed by atoms with Crippen molar-refractivity contribution in [2.45, 2.75) is 44.7 Å². The van der Waals surface area contributed by atoms with Crippen molar-refractivity contribution in [3.8, 4) is 0 Å². The van der Waals surface area contributed by atoms with Crippen LogP contribution >= 0.6 is 0 Å². The number of unbranched alkanes of at least 4 members (excludes halogenated alkanes) is 1. The minimum absolute atomic E-state index is 0.0557. The van der Waals surface area contributed by atoms with Crippen LogP contribution < -0.4 is 0 Å². The molecule has 5 heteroatoms. The average Bonchev–Trinajstić information content (AvgIpc) is 1.99. The Morgan fingerprint density at radius 3 is 2.00 bits per heavy atom. The molecule has 0 bridgehead atoms. The van der Waals surface area contributed by atoms with Crippen LogP contribution in [0.2, 0.25) is 0 Å². The van der Waals surface area contributed by atoms with Gasteiger partial charge in [-0.05, 0) is 6.42 Å². The van der Waals surface area contributed by atoms with Crippen molar-refractivity contribution in [2.24, 2.45) is 0 Å². The van der Waals surface area contributed by atoms with Crippen molar-refractivity contribution in [2.75, 3.05) is 0 Å². The van der Waals surface area contributed by atoms with Gasteiger partial charge in [-0.25, -0.2) is 22.0 Å². The second kappa shape index (κ2) is 4.62. The molecule has 0 saturated heterocycles. The maximum Gasteiger partial charge on any atom is 0.284 e. The third kappa shape index (κ3) is 3.36. The fourth-order valence-electron chi connectivity index (χ4n) is 0.735. The molecule has 0 aliphatic rings. The summed E-state index contributed by atoms with van der Waals surface area (Å²) >= 11 is 0. The van der Waals surface area contributed by atoms with Crippen LogP contribution in [0, 0.1) is 0 Å². The second-order valence-corrected chi connectivity index (χ2v) is 2.60. The molecular formula is C7H11F5. The van der Waals surface area contributed by atoms with Gasteiger partial charge in [-0.3, -0.25) is 0 Å². The molecule has 0 rings (SSSR count). The Bertz CT molecular complexity index is 123. The van der Waals surface area contributed by atoms with Gasteiger partial charge in [-0.1, -0.05) is 13.3 Å². The third-order valence-corrected chi connectivity index (χ3v) is 1.49. The zero-order chi connectivity index (χ0) is 9.78. The molecule has 0 radical (unpaired) electrons. The lowest BCUT2D eigenvalue weighted by atomic mass is 10.1. The van der Waals surface area contributed by atoms with E-state index in [1.165, 1.54) is 0 Å². The summed E-state index contributed by atoms with van der Waals surface area (Å²) in [6.45, 7) is 1.63. The normalized spacial score (nSPS) is 15.2. The average molecular weight is 190 g/mol. The summed E-state index contributed by atoms with van der Waals surface area (Å²) in [6, 6.07) is 0. The van der Waals surface area contributed by atoms with Gasteiger partial charge in [-0.15, -0.1) is 0 Å². The maximum absolute atomic E-state index is 12.4. The monoisotopic (exact) mass is 190 g/mol. The highest BCUT2D eigenvalue weighted by Gasteiger charge is 2.45. The van der Waals surface area contributed by atoms with E-state index < -0.39 is 24.9 Å². The molecule has 1 unspecified atom stereocenters. The standard InChI is InChI=1S/C7H11F5/c1-2-3-4-7(11,12)5(8)6(9)10/h5-6H,2-4H2,1H3. The Hall–Kier alpha value is -0.350. The van der Waals surface area contributed by atoms with E-state index in [1.54, 1.807) is 6.92 Å². The molecule has 0 nitrogen and oxygen atoms in total. The van der Waals surface area contributed by atoms with Crippen molar-refractivity contribution in [1.29, 1.82) is 0 Å². The van der Waals surface area contributed by atoms with Gasteiger partial charge in [0.2, 0.25) is 6.17 Å². The van der Waals surface area contributed by atoms with Crippen LogP contribution in [0.25, 0.3) is 0 Å². The number of halogens is 5. The van der Waals surface area contributed by atoms with Crippen LogP contribution in [0.1, 0.15) is 26.2 Å². The molecule has 0 aromatic rings. The summed E-state index contributed by atoms with van der Waals surface area (Å²) in [5.41, 5.74) is 0. The molecule has 0 N–H and O–H groups in total. The molecule has 0 fully saturated rings. The van der Waals surface area contributed by atoms with E-state index in [-0.39, 0.29) is 6.42 Å². The molecule has 0 aromatic heterocycles. The Balaban J connectivity index is 3.99. The molecule has 0 saturated carbocycles. The van der Waals surface area contributed by atoms with Crippen molar-refractivity contribution in [3.63, 3.8) is 0 Å². The number of alkyl halides is 5. The molecule has 0 amide bonds. The van der Waals surface area contributed by atoms with Gasteiger partial charge in [0.15, 0.2) is 0 Å². The molecular weight excluding hydrogens is 179 g/mol. The molecule has 0 aliphatic heterocycles. The molecule has 0 spiro atoms. The summed E-state index contributed by atoms with van der Waals surface area (Å²) < 4.78 is 59.9. The first-order valence-corrected chi connectivity index (χ1v) is 3.72. The van der Waals surface area contributed by atoms with Crippen LogP contribution in [-0.4, -0.2) is 18.5 Å². The van der Waals surface area contributed by atoms with Gasteiger partial charge in [0.25, 0.3) is 12.3 Å². The first kappa shape index (κ1) is 11.6. The van der Waals surface area contributed by atoms with Crippen LogP contribution in [-0.2, 0) is 0 Å². The first-order chi connectivity index (χ1) is 5.41. The Labute approximate surface area is 67.8 Å². The highest BCUT2D eigenvalue weighted by Crippen LogP contribution is 2.31. The van der Waals surface area contributed by atoms with Crippen LogP contribution in [0.5, 0.6) is 0 Å². The predicted octanol–water partition coefficient (Wildman–Crippen LogP) is 3.42. The summed E-state index contributed by atoms with van der Waals surface area (Å²) in [6.07, 6.45) is -7.25. The summed E-state index contributed by atoms with van der Waals surface area (Å²) in [5, 5.41) is 0. The van der Waals surface area contributed by atoms with E-state index in [0.29, 0.717) is 6.42 Å². The Kier molecular flexibility index (Phi) is 4.49. The van der Waals surface area contributed by atoms with Crippen molar-refractivity contribution in [1.82, 2.24) is 0 Å². The Morgan fingerprint density at radius 1 is 1.17 bits per heavy atom. The molecule has 1 atom stereocenters. The van der Waals surface area contributed by atoms with Gasteiger partial charge in [0, 0.05) is 6.42 Å². The van der Waals surface area contributed by atoms with E-state index >= 15 is 0 Å². The van der Waals surface area contributed by atoms with Crippen molar-refractivity contribution >= 4 is 0 Å². The van der Waals surface area contributed by atoms with Crippen LogP contribution in [0.4, 0.5) is 22.0 Å². The summed E-state index contributed by atoms with van der Waals surface area (Å²) in [5.74, 6) is -3.88. The van der Waals surface area contributed by atoms with E-state index in [1.807, 2.05) is 0 Å². The van der Waals surface area contributed by atoms with E-state index in [2.05, 4.69) is 0 Å². The molecule has 0 heterocycles. The third-order valence-electron chi connectivity index (χ3n) is 1.49. The lowest BCUT2D eigenvalue weighted by molar-refractivity contribution is -0.132. The predicted molar refractivity (Wildman–Crippen MR) is 35.4 cm³/mol. The van der Waals surface area contributed by atoms with Crippen LogP contribution in [0.3, 0.4) is 0 Å².